The Hall–Kier alpha value is -3.12. The van der Waals surface area contributed by atoms with Crippen LogP contribution in [0.1, 0.15) is 15.9 Å². The van der Waals surface area contributed by atoms with E-state index in [1.807, 2.05) is 18.2 Å². The van der Waals surface area contributed by atoms with Gasteiger partial charge < -0.3 is 15.0 Å². The number of nitrogens with one attached hydrogen (secondary N) is 2. The highest BCUT2D eigenvalue weighted by Crippen LogP contribution is 2.17. The number of fused-ring (bicyclic) bond motifs is 1. The molecule has 0 radical (unpaired) electrons. The van der Waals surface area contributed by atoms with Crippen molar-refractivity contribution in [3.05, 3.63) is 81.1 Å². The quantitative estimate of drug-likeness (QED) is 0.662. The fourth-order valence-corrected chi connectivity index (χ4v) is 2.97. The maximum absolute atomic E-state index is 12.5. The minimum absolute atomic E-state index is 0.121. The summed E-state index contributed by atoms with van der Waals surface area (Å²) in [5.74, 6) is -1.03. The Labute approximate surface area is 160 Å². The van der Waals surface area contributed by atoms with Crippen LogP contribution < -0.4 is 10.9 Å². The number of pyridine rings is 1. The SMILES string of the molecule is COC(=O)C(Cc1cc(=O)[nH]c2ccccc12)NC(=O)c1ccc(Cl)cc1. The lowest BCUT2D eigenvalue weighted by Crippen LogP contribution is -2.43. The number of carbonyl (C=O) groups excluding carboxylic acids is 2. The number of amides is 1. The molecule has 138 valence electrons. The number of rotatable bonds is 5. The average Bonchev–Trinajstić information content (AvgIpc) is 2.67. The van der Waals surface area contributed by atoms with Crippen LogP contribution in [0.3, 0.4) is 0 Å². The first-order valence-electron chi connectivity index (χ1n) is 8.23. The summed E-state index contributed by atoms with van der Waals surface area (Å²) in [5.41, 5.74) is 1.38. The van der Waals surface area contributed by atoms with Gasteiger partial charge >= 0.3 is 5.97 Å². The van der Waals surface area contributed by atoms with Crippen molar-refractivity contribution in [1.82, 2.24) is 10.3 Å². The molecule has 0 spiro atoms. The van der Waals surface area contributed by atoms with Crippen molar-refractivity contribution in [3.63, 3.8) is 0 Å². The molecule has 1 amide bonds. The summed E-state index contributed by atoms with van der Waals surface area (Å²) in [6.45, 7) is 0. The maximum atomic E-state index is 12.5. The number of hydrogen-bond donors (Lipinski definition) is 2. The topological polar surface area (TPSA) is 88.3 Å². The van der Waals surface area contributed by atoms with E-state index in [1.165, 1.54) is 13.2 Å². The van der Waals surface area contributed by atoms with E-state index < -0.39 is 17.9 Å². The van der Waals surface area contributed by atoms with E-state index in [-0.39, 0.29) is 12.0 Å². The maximum Gasteiger partial charge on any atom is 0.328 e. The Kier molecular flexibility index (Phi) is 5.57. The minimum atomic E-state index is -0.941. The summed E-state index contributed by atoms with van der Waals surface area (Å²) in [4.78, 5) is 39.4. The number of methoxy groups -OCH3 is 1. The fourth-order valence-electron chi connectivity index (χ4n) is 2.84. The molecule has 0 bridgehead atoms. The molecule has 0 aliphatic carbocycles. The van der Waals surface area contributed by atoms with Crippen LogP contribution in [-0.4, -0.2) is 30.0 Å². The smallest absolute Gasteiger partial charge is 0.328 e. The molecule has 2 aromatic carbocycles. The number of esters is 1. The lowest BCUT2D eigenvalue weighted by molar-refractivity contribution is -0.142. The summed E-state index contributed by atoms with van der Waals surface area (Å²) in [5, 5.41) is 3.97. The molecule has 0 fully saturated rings. The molecule has 6 nitrogen and oxygen atoms in total. The van der Waals surface area contributed by atoms with E-state index in [0.717, 1.165) is 5.39 Å². The Morgan fingerprint density at radius 3 is 2.56 bits per heavy atom. The molecule has 1 atom stereocenters. The highest BCUT2D eigenvalue weighted by atomic mass is 35.5. The van der Waals surface area contributed by atoms with Crippen molar-refractivity contribution in [3.8, 4) is 0 Å². The number of ether oxygens (including phenoxy) is 1. The summed E-state index contributed by atoms with van der Waals surface area (Å²) in [7, 11) is 1.25. The van der Waals surface area contributed by atoms with Crippen molar-refractivity contribution < 1.29 is 14.3 Å². The van der Waals surface area contributed by atoms with Crippen LogP contribution in [0.2, 0.25) is 5.02 Å². The molecular weight excluding hydrogens is 368 g/mol. The number of aromatic amines is 1. The highest BCUT2D eigenvalue weighted by molar-refractivity contribution is 6.30. The predicted molar refractivity (Wildman–Crippen MR) is 103 cm³/mol. The zero-order valence-corrected chi connectivity index (χ0v) is 15.2. The van der Waals surface area contributed by atoms with E-state index in [2.05, 4.69) is 10.3 Å². The van der Waals surface area contributed by atoms with Gasteiger partial charge in [-0.3, -0.25) is 9.59 Å². The average molecular weight is 385 g/mol. The number of aromatic nitrogens is 1. The number of carbonyl (C=O) groups is 2. The van der Waals surface area contributed by atoms with Gasteiger partial charge in [-0.05, 0) is 35.9 Å². The predicted octanol–water partition coefficient (Wildman–Crippen LogP) is 2.70. The van der Waals surface area contributed by atoms with Gasteiger partial charge in [0.1, 0.15) is 6.04 Å². The molecule has 1 heterocycles. The lowest BCUT2D eigenvalue weighted by Gasteiger charge is -2.17. The summed E-state index contributed by atoms with van der Waals surface area (Å²) < 4.78 is 4.82. The fraction of sp³-hybridized carbons (Fsp3) is 0.150. The lowest BCUT2D eigenvalue weighted by atomic mass is 10.0. The van der Waals surface area contributed by atoms with E-state index in [4.69, 9.17) is 16.3 Å². The number of hydrogen-bond acceptors (Lipinski definition) is 4. The van der Waals surface area contributed by atoms with E-state index in [9.17, 15) is 14.4 Å². The van der Waals surface area contributed by atoms with Crippen LogP contribution in [0.4, 0.5) is 0 Å². The number of halogens is 1. The van der Waals surface area contributed by atoms with Gasteiger partial charge in [0, 0.05) is 34.0 Å². The third-order valence-electron chi connectivity index (χ3n) is 4.16. The van der Waals surface area contributed by atoms with Gasteiger partial charge in [0.05, 0.1) is 7.11 Å². The van der Waals surface area contributed by atoms with Crippen LogP contribution in [0.5, 0.6) is 0 Å². The van der Waals surface area contributed by atoms with Crippen molar-refractivity contribution in [2.75, 3.05) is 7.11 Å². The minimum Gasteiger partial charge on any atom is -0.467 e. The first-order valence-corrected chi connectivity index (χ1v) is 8.61. The number of benzene rings is 2. The van der Waals surface area contributed by atoms with Crippen molar-refractivity contribution in [2.24, 2.45) is 0 Å². The molecule has 0 saturated carbocycles. The molecule has 7 heteroatoms. The Balaban J connectivity index is 1.90. The summed E-state index contributed by atoms with van der Waals surface area (Å²) >= 11 is 5.83. The summed E-state index contributed by atoms with van der Waals surface area (Å²) in [6.07, 6.45) is 0.121. The molecular formula is C20H17ClN2O4. The second kappa shape index (κ2) is 8.05. The van der Waals surface area contributed by atoms with E-state index in [1.54, 1.807) is 30.3 Å². The third-order valence-corrected chi connectivity index (χ3v) is 4.41. The Bertz CT molecular complexity index is 1040. The van der Waals surface area contributed by atoms with Gasteiger partial charge in [0.2, 0.25) is 5.56 Å². The van der Waals surface area contributed by atoms with Crippen LogP contribution in [0.15, 0.2) is 59.4 Å². The molecule has 0 aliphatic rings. The molecule has 1 aromatic heterocycles. The van der Waals surface area contributed by atoms with Crippen molar-refractivity contribution in [1.29, 1.82) is 0 Å². The van der Waals surface area contributed by atoms with Gasteiger partial charge in [-0.1, -0.05) is 29.8 Å². The largest absolute Gasteiger partial charge is 0.467 e. The van der Waals surface area contributed by atoms with Crippen molar-refractivity contribution in [2.45, 2.75) is 12.5 Å². The zero-order chi connectivity index (χ0) is 19.4. The third kappa shape index (κ3) is 4.35. The standard InChI is InChI=1S/C20H17ClN2O4/c1-27-20(26)17(23-19(25)12-6-8-14(21)9-7-12)10-13-11-18(24)22-16-5-3-2-4-15(13)16/h2-9,11,17H,10H2,1H3,(H,22,24)(H,23,25). The van der Waals surface area contributed by atoms with Crippen LogP contribution >= 0.6 is 11.6 Å². The number of H-pyrrole nitrogens is 1. The Morgan fingerprint density at radius 1 is 1.15 bits per heavy atom. The van der Waals surface area contributed by atoms with Crippen molar-refractivity contribution >= 4 is 34.4 Å². The van der Waals surface area contributed by atoms with Gasteiger partial charge in [0.25, 0.3) is 5.91 Å². The summed E-state index contributed by atoms with van der Waals surface area (Å²) in [6, 6.07) is 14.1. The molecule has 1 unspecified atom stereocenters. The highest BCUT2D eigenvalue weighted by Gasteiger charge is 2.23. The van der Waals surface area contributed by atoms with Gasteiger partial charge in [-0.25, -0.2) is 4.79 Å². The molecule has 3 rings (SSSR count). The Morgan fingerprint density at radius 2 is 1.85 bits per heavy atom. The number of para-hydroxylation sites is 1. The molecule has 3 aromatic rings. The van der Waals surface area contributed by atoms with E-state index in [0.29, 0.717) is 21.7 Å². The molecule has 0 saturated heterocycles. The van der Waals surface area contributed by atoms with Gasteiger partial charge in [0.15, 0.2) is 0 Å². The molecule has 27 heavy (non-hydrogen) atoms. The first kappa shape index (κ1) is 18.7. The van der Waals surface area contributed by atoms with Gasteiger partial charge in [-0.15, -0.1) is 0 Å². The van der Waals surface area contributed by atoms with Crippen LogP contribution in [-0.2, 0) is 16.0 Å². The monoisotopic (exact) mass is 384 g/mol. The normalized spacial score (nSPS) is 11.8. The zero-order valence-electron chi connectivity index (χ0n) is 14.5. The molecule has 0 aliphatic heterocycles. The van der Waals surface area contributed by atoms with Crippen LogP contribution in [0.25, 0.3) is 10.9 Å². The van der Waals surface area contributed by atoms with Crippen LogP contribution in [0, 0.1) is 0 Å². The van der Waals surface area contributed by atoms with Gasteiger partial charge in [-0.2, -0.15) is 0 Å². The second-order valence-corrected chi connectivity index (χ2v) is 6.40. The molecule has 2 N–H and O–H groups in total. The van der Waals surface area contributed by atoms with E-state index >= 15 is 0 Å². The first-order chi connectivity index (χ1) is 13.0. The second-order valence-electron chi connectivity index (χ2n) is 5.96.